The number of aromatic nitrogens is 2. The number of hydrogen-bond donors (Lipinski definition) is 2. The lowest BCUT2D eigenvalue weighted by atomic mass is 10.2. The third kappa shape index (κ3) is 3.68. The standard InChI is InChI=1S/C21H19N5O2/c1-14(27)22-16-6-8-17(9-7-16)23-21(28)18-10-11-20(25-24-18)26-13-12-15-4-2-3-5-19(15)26/h2-11H,12-13H2,1H3,(H,22,27)(H,23,28). The molecule has 0 atom stereocenters. The number of rotatable bonds is 4. The van der Waals surface area contributed by atoms with Gasteiger partial charge in [0.1, 0.15) is 0 Å². The molecule has 1 aliphatic heterocycles. The molecule has 1 aromatic heterocycles. The van der Waals surface area contributed by atoms with Gasteiger partial charge in [0.25, 0.3) is 5.91 Å². The summed E-state index contributed by atoms with van der Waals surface area (Å²) in [5.41, 5.74) is 3.93. The van der Waals surface area contributed by atoms with Gasteiger partial charge >= 0.3 is 0 Å². The molecule has 140 valence electrons. The molecule has 0 saturated carbocycles. The molecule has 2 N–H and O–H groups in total. The maximum Gasteiger partial charge on any atom is 0.276 e. The maximum absolute atomic E-state index is 12.4. The lowest BCUT2D eigenvalue weighted by molar-refractivity contribution is -0.114. The number of para-hydroxylation sites is 1. The summed E-state index contributed by atoms with van der Waals surface area (Å²) in [5, 5.41) is 13.8. The van der Waals surface area contributed by atoms with E-state index < -0.39 is 0 Å². The van der Waals surface area contributed by atoms with E-state index in [1.165, 1.54) is 12.5 Å². The van der Waals surface area contributed by atoms with Crippen LogP contribution >= 0.6 is 0 Å². The summed E-state index contributed by atoms with van der Waals surface area (Å²) in [7, 11) is 0. The number of carbonyl (C=O) groups is 2. The molecule has 2 heterocycles. The lowest BCUT2D eigenvalue weighted by Crippen LogP contribution is -2.18. The van der Waals surface area contributed by atoms with Crippen LogP contribution in [0, 0.1) is 0 Å². The molecule has 0 aliphatic carbocycles. The molecule has 0 unspecified atom stereocenters. The van der Waals surface area contributed by atoms with Crippen LogP contribution < -0.4 is 15.5 Å². The van der Waals surface area contributed by atoms with Gasteiger partial charge in [0, 0.05) is 30.5 Å². The molecule has 4 rings (SSSR count). The van der Waals surface area contributed by atoms with E-state index >= 15 is 0 Å². The van der Waals surface area contributed by atoms with Gasteiger partial charge in [0.05, 0.1) is 0 Å². The van der Waals surface area contributed by atoms with Crippen molar-refractivity contribution in [1.82, 2.24) is 10.2 Å². The third-order valence-corrected chi connectivity index (χ3v) is 4.51. The fraction of sp³-hybridized carbons (Fsp3) is 0.143. The summed E-state index contributed by atoms with van der Waals surface area (Å²) in [6.07, 6.45) is 0.967. The molecule has 0 fully saturated rings. The van der Waals surface area contributed by atoms with Crippen LogP contribution in [-0.4, -0.2) is 28.6 Å². The largest absolute Gasteiger partial charge is 0.326 e. The quantitative estimate of drug-likeness (QED) is 0.732. The maximum atomic E-state index is 12.4. The fourth-order valence-corrected chi connectivity index (χ4v) is 3.20. The van der Waals surface area contributed by atoms with Crippen molar-refractivity contribution in [2.24, 2.45) is 0 Å². The summed E-state index contributed by atoms with van der Waals surface area (Å²) in [6.45, 7) is 2.29. The highest BCUT2D eigenvalue weighted by Crippen LogP contribution is 2.32. The molecule has 0 radical (unpaired) electrons. The first-order valence-electron chi connectivity index (χ1n) is 8.98. The van der Waals surface area contributed by atoms with Crippen LogP contribution in [-0.2, 0) is 11.2 Å². The van der Waals surface area contributed by atoms with Crippen LogP contribution in [0.5, 0.6) is 0 Å². The van der Waals surface area contributed by atoms with Gasteiger partial charge in [0.15, 0.2) is 11.5 Å². The van der Waals surface area contributed by atoms with E-state index in [-0.39, 0.29) is 17.5 Å². The molecule has 0 bridgehead atoms. The SMILES string of the molecule is CC(=O)Nc1ccc(NC(=O)c2ccc(N3CCc4ccccc43)nn2)cc1. The Hall–Kier alpha value is -3.74. The second-order valence-corrected chi connectivity index (χ2v) is 6.52. The Morgan fingerprint density at radius 2 is 1.61 bits per heavy atom. The average Bonchev–Trinajstić information content (AvgIpc) is 3.13. The number of amides is 2. The lowest BCUT2D eigenvalue weighted by Gasteiger charge is -2.17. The highest BCUT2D eigenvalue weighted by atomic mass is 16.2. The minimum atomic E-state index is -0.340. The molecule has 2 amide bonds. The monoisotopic (exact) mass is 373 g/mol. The van der Waals surface area contributed by atoms with Crippen molar-refractivity contribution in [3.8, 4) is 0 Å². The van der Waals surface area contributed by atoms with Crippen molar-refractivity contribution in [2.45, 2.75) is 13.3 Å². The van der Waals surface area contributed by atoms with E-state index in [2.05, 4.69) is 37.9 Å². The van der Waals surface area contributed by atoms with E-state index in [1.54, 1.807) is 30.3 Å². The zero-order chi connectivity index (χ0) is 19.5. The van der Waals surface area contributed by atoms with Gasteiger partial charge in [-0.1, -0.05) is 18.2 Å². The number of nitrogens with one attached hydrogen (secondary N) is 2. The average molecular weight is 373 g/mol. The van der Waals surface area contributed by atoms with Gasteiger partial charge in [-0.25, -0.2) is 0 Å². The predicted molar refractivity (Wildman–Crippen MR) is 108 cm³/mol. The van der Waals surface area contributed by atoms with Gasteiger partial charge in [-0.2, -0.15) is 0 Å². The first kappa shape index (κ1) is 17.7. The summed E-state index contributed by atoms with van der Waals surface area (Å²) in [6, 6.07) is 18.6. The molecule has 28 heavy (non-hydrogen) atoms. The topological polar surface area (TPSA) is 87.2 Å². The predicted octanol–water partition coefficient (Wildman–Crippen LogP) is 3.38. The van der Waals surface area contributed by atoms with Crippen LogP contribution in [0.25, 0.3) is 0 Å². The van der Waals surface area contributed by atoms with Crippen molar-refractivity contribution in [3.63, 3.8) is 0 Å². The summed E-state index contributed by atoms with van der Waals surface area (Å²) >= 11 is 0. The van der Waals surface area contributed by atoms with Gasteiger partial charge in [-0.05, 0) is 54.4 Å². The van der Waals surface area contributed by atoms with Crippen molar-refractivity contribution in [3.05, 3.63) is 71.9 Å². The smallest absolute Gasteiger partial charge is 0.276 e. The molecule has 1 aliphatic rings. The highest BCUT2D eigenvalue weighted by Gasteiger charge is 2.21. The van der Waals surface area contributed by atoms with Gasteiger partial charge in [-0.3, -0.25) is 9.59 Å². The summed E-state index contributed by atoms with van der Waals surface area (Å²) < 4.78 is 0. The summed E-state index contributed by atoms with van der Waals surface area (Å²) in [5.74, 6) is 0.238. The minimum absolute atomic E-state index is 0.146. The Kier molecular flexibility index (Phi) is 4.72. The number of anilines is 4. The number of carbonyl (C=O) groups excluding carboxylic acids is 2. The first-order valence-corrected chi connectivity index (χ1v) is 8.98. The molecule has 3 aromatic rings. The molecule has 0 saturated heterocycles. The Morgan fingerprint density at radius 1 is 0.893 bits per heavy atom. The Morgan fingerprint density at radius 3 is 2.29 bits per heavy atom. The van der Waals surface area contributed by atoms with Gasteiger partial charge in [0.2, 0.25) is 5.91 Å². The Balaban J connectivity index is 1.44. The van der Waals surface area contributed by atoms with Crippen molar-refractivity contribution in [2.75, 3.05) is 22.1 Å². The zero-order valence-electron chi connectivity index (χ0n) is 15.3. The molecular weight excluding hydrogens is 354 g/mol. The van der Waals surface area contributed by atoms with E-state index in [0.717, 1.165) is 24.5 Å². The molecule has 7 nitrogen and oxygen atoms in total. The second-order valence-electron chi connectivity index (χ2n) is 6.52. The Bertz CT molecular complexity index is 1020. The van der Waals surface area contributed by atoms with Crippen LogP contribution in [0.3, 0.4) is 0 Å². The van der Waals surface area contributed by atoms with E-state index in [0.29, 0.717) is 11.4 Å². The van der Waals surface area contributed by atoms with E-state index in [9.17, 15) is 9.59 Å². The number of hydrogen-bond acceptors (Lipinski definition) is 5. The van der Waals surface area contributed by atoms with Crippen LogP contribution in [0.15, 0.2) is 60.7 Å². The summed E-state index contributed by atoms with van der Waals surface area (Å²) in [4.78, 5) is 25.6. The van der Waals surface area contributed by atoms with Crippen LogP contribution in [0.4, 0.5) is 22.9 Å². The highest BCUT2D eigenvalue weighted by molar-refractivity contribution is 6.03. The number of nitrogens with zero attached hydrogens (tertiary/aromatic N) is 3. The van der Waals surface area contributed by atoms with Crippen molar-refractivity contribution in [1.29, 1.82) is 0 Å². The van der Waals surface area contributed by atoms with Crippen LogP contribution in [0.1, 0.15) is 23.0 Å². The number of fused-ring (bicyclic) bond motifs is 1. The van der Waals surface area contributed by atoms with Gasteiger partial charge in [-0.15, -0.1) is 10.2 Å². The van der Waals surface area contributed by atoms with Gasteiger partial charge < -0.3 is 15.5 Å². The Labute approximate surface area is 162 Å². The van der Waals surface area contributed by atoms with Crippen LogP contribution in [0.2, 0.25) is 0 Å². The van der Waals surface area contributed by atoms with Crippen molar-refractivity contribution < 1.29 is 9.59 Å². The molecule has 2 aromatic carbocycles. The zero-order valence-corrected chi connectivity index (χ0v) is 15.3. The number of benzene rings is 2. The third-order valence-electron chi connectivity index (χ3n) is 4.51. The molecule has 7 heteroatoms. The van der Waals surface area contributed by atoms with E-state index in [4.69, 9.17) is 0 Å². The van der Waals surface area contributed by atoms with E-state index in [1.807, 2.05) is 18.2 Å². The normalized spacial score (nSPS) is 12.4. The molecular formula is C21H19N5O2. The van der Waals surface area contributed by atoms with Crippen molar-refractivity contribution >= 4 is 34.7 Å². The minimum Gasteiger partial charge on any atom is -0.326 e. The fourth-order valence-electron chi connectivity index (χ4n) is 3.20. The molecule has 0 spiro atoms. The second kappa shape index (κ2) is 7.48. The first-order chi connectivity index (χ1) is 13.6.